The van der Waals surface area contributed by atoms with Gasteiger partial charge in [-0.3, -0.25) is 9.69 Å². The summed E-state index contributed by atoms with van der Waals surface area (Å²) in [7, 11) is 0. The number of nitrogens with two attached hydrogens (primary N) is 1. The number of nitrogens with one attached hydrogen (secondary N) is 1. The van der Waals surface area contributed by atoms with E-state index in [1.807, 2.05) is 6.92 Å². The van der Waals surface area contributed by atoms with Gasteiger partial charge in [-0.15, -0.1) is 5.10 Å². The van der Waals surface area contributed by atoms with Gasteiger partial charge in [0.05, 0.1) is 18.4 Å². The molecule has 2 aromatic carbocycles. The third-order valence-electron chi connectivity index (χ3n) is 6.27. The van der Waals surface area contributed by atoms with E-state index >= 15 is 0 Å². The molecule has 0 spiro atoms. The summed E-state index contributed by atoms with van der Waals surface area (Å²) in [6.45, 7) is 4.71. The number of hydrazone groups is 1. The van der Waals surface area contributed by atoms with Crippen molar-refractivity contribution in [3.63, 3.8) is 0 Å². The molecule has 3 N–H and O–H groups in total. The Hall–Kier alpha value is -4.37. The van der Waals surface area contributed by atoms with Gasteiger partial charge >= 0.3 is 0 Å². The summed E-state index contributed by atoms with van der Waals surface area (Å²) in [6.07, 6.45) is 3.61. The van der Waals surface area contributed by atoms with E-state index < -0.39 is 5.91 Å². The lowest BCUT2D eigenvalue weighted by atomic mass is 10.2. The molecule has 214 valence electrons. The summed E-state index contributed by atoms with van der Waals surface area (Å²) in [5, 5.41) is 19.8. The van der Waals surface area contributed by atoms with Crippen LogP contribution >= 0.6 is 15.9 Å². The number of carbonyl (C=O) groups excluding carboxylic acids is 1. The quantitative estimate of drug-likeness (QED) is 0.186. The second-order valence-corrected chi connectivity index (χ2v) is 9.97. The van der Waals surface area contributed by atoms with Crippen molar-refractivity contribution < 1.29 is 23.3 Å². The number of hydrogen-bond acceptors (Lipinski definition) is 11. The van der Waals surface area contributed by atoms with Gasteiger partial charge in [0.1, 0.15) is 29.6 Å². The van der Waals surface area contributed by atoms with Crippen molar-refractivity contribution in [2.75, 3.05) is 25.4 Å². The Labute approximate surface area is 242 Å². The lowest BCUT2D eigenvalue weighted by Crippen LogP contribution is -2.26. The van der Waals surface area contributed by atoms with Crippen molar-refractivity contribution in [2.45, 2.75) is 32.9 Å². The lowest BCUT2D eigenvalue weighted by molar-refractivity contribution is 0.0945. The van der Waals surface area contributed by atoms with Gasteiger partial charge < -0.3 is 15.2 Å². The molecule has 4 aromatic rings. The Bertz CT molecular complexity index is 1530. The van der Waals surface area contributed by atoms with Crippen molar-refractivity contribution >= 4 is 33.9 Å². The summed E-state index contributed by atoms with van der Waals surface area (Å²) >= 11 is 3.53. The van der Waals surface area contributed by atoms with E-state index in [2.05, 4.69) is 52.0 Å². The number of hydrogen-bond donors (Lipinski definition) is 2. The monoisotopic (exact) mass is 627 g/mol. The van der Waals surface area contributed by atoms with Gasteiger partial charge in [0.15, 0.2) is 5.69 Å². The van der Waals surface area contributed by atoms with Crippen LogP contribution in [0.2, 0.25) is 0 Å². The third-order valence-corrected chi connectivity index (χ3v) is 6.92. The van der Waals surface area contributed by atoms with Gasteiger partial charge in [-0.25, -0.2) is 14.4 Å². The molecule has 0 saturated carbocycles. The highest BCUT2D eigenvalue weighted by atomic mass is 79.9. The molecule has 0 radical (unpaired) electrons. The molecule has 41 heavy (non-hydrogen) atoms. The van der Waals surface area contributed by atoms with E-state index in [4.69, 9.17) is 19.8 Å². The molecular formula is C26H27BrFN9O4. The van der Waals surface area contributed by atoms with Crippen LogP contribution in [0.5, 0.6) is 11.5 Å². The van der Waals surface area contributed by atoms with Crippen LogP contribution in [0.15, 0.2) is 50.6 Å². The summed E-state index contributed by atoms with van der Waals surface area (Å²) in [4.78, 5) is 15.5. The molecule has 0 atom stereocenters. The summed E-state index contributed by atoms with van der Waals surface area (Å²) in [5.74, 6) is 0.150. The average molecular weight is 628 g/mol. The Morgan fingerprint density at radius 2 is 2.00 bits per heavy atom. The second kappa shape index (κ2) is 12.9. The Morgan fingerprint density at radius 3 is 2.71 bits per heavy atom. The van der Waals surface area contributed by atoms with Crippen LogP contribution in [0.1, 0.15) is 47.1 Å². The number of likely N-dealkylation sites (tertiary alicyclic amines) is 1. The molecule has 13 nitrogen and oxygen atoms in total. The standard InChI is InChI=1S/C26H27BrFN9O4/c1-2-39-22-12-18(40-15-16-5-7-17(28)8-6-16)11-20(27)19(22)13-30-32-26(38)23-21(14-36-9-3-4-10-36)31-35-37(23)25-24(29)33-41-34-25/h5-8,11-13H,2-4,9-10,14-15H2,1H3,(H2,29,33)(H,32,38)/b30-13+. The van der Waals surface area contributed by atoms with Crippen LogP contribution in [0.4, 0.5) is 10.2 Å². The molecular weight excluding hydrogens is 601 g/mol. The van der Waals surface area contributed by atoms with Crippen LogP contribution in [0, 0.1) is 5.82 Å². The van der Waals surface area contributed by atoms with Crippen LogP contribution in [-0.2, 0) is 13.2 Å². The Morgan fingerprint density at radius 1 is 1.22 bits per heavy atom. The highest BCUT2D eigenvalue weighted by molar-refractivity contribution is 9.10. The molecule has 0 unspecified atom stereocenters. The fourth-order valence-corrected chi connectivity index (χ4v) is 4.82. The molecule has 1 amide bonds. The number of halogens is 2. The van der Waals surface area contributed by atoms with Crippen molar-refractivity contribution in [1.29, 1.82) is 0 Å². The molecule has 2 aromatic heterocycles. The number of amides is 1. The van der Waals surface area contributed by atoms with Crippen LogP contribution < -0.4 is 20.6 Å². The largest absolute Gasteiger partial charge is 0.493 e. The van der Waals surface area contributed by atoms with E-state index in [1.54, 1.807) is 24.3 Å². The first-order valence-corrected chi connectivity index (χ1v) is 13.6. The minimum Gasteiger partial charge on any atom is -0.493 e. The molecule has 3 heterocycles. The maximum absolute atomic E-state index is 13.4. The first-order chi connectivity index (χ1) is 19.9. The number of nitrogen functional groups attached to an aromatic ring is 1. The fraction of sp³-hybridized carbons (Fsp3) is 0.308. The van der Waals surface area contributed by atoms with Gasteiger partial charge in [-0.05, 0) is 82.9 Å². The smallest absolute Gasteiger partial charge is 0.292 e. The zero-order valence-corrected chi connectivity index (χ0v) is 23.7. The number of carbonyl (C=O) groups is 1. The number of ether oxygens (including phenoxy) is 2. The second-order valence-electron chi connectivity index (χ2n) is 9.12. The molecule has 5 rings (SSSR count). The Balaban J connectivity index is 1.34. The summed E-state index contributed by atoms with van der Waals surface area (Å²) in [5.41, 5.74) is 10.3. The predicted molar refractivity (Wildman–Crippen MR) is 149 cm³/mol. The molecule has 1 fully saturated rings. The number of aromatic nitrogens is 5. The molecule has 15 heteroatoms. The van der Waals surface area contributed by atoms with E-state index in [1.165, 1.54) is 23.0 Å². The first-order valence-electron chi connectivity index (χ1n) is 12.8. The fourth-order valence-electron chi connectivity index (χ4n) is 4.29. The summed E-state index contributed by atoms with van der Waals surface area (Å²) < 4.78 is 31.4. The SMILES string of the molecule is CCOc1cc(OCc2ccc(F)cc2)cc(Br)c1/C=N/NC(=O)c1c(CN2CCCC2)nnn1-c1nonc1N. The van der Waals surface area contributed by atoms with E-state index in [0.29, 0.717) is 40.4 Å². The van der Waals surface area contributed by atoms with Crippen LogP contribution in [0.3, 0.4) is 0 Å². The highest BCUT2D eigenvalue weighted by Crippen LogP contribution is 2.32. The lowest BCUT2D eigenvalue weighted by Gasteiger charge is -2.14. The first kappa shape index (κ1) is 28.2. The minimum atomic E-state index is -0.573. The third kappa shape index (κ3) is 6.69. The van der Waals surface area contributed by atoms with Gasteiger partial charge in [0.2, 0.25) is 11.6 Å². The van der Waals surface area contributed by atoms with E-state index in [-0.39, 0.29) is 29.8 Å². The predicted octanol–water partition coefficient (Wildman–Crippen LogP) is 3.47. The average Bonchev–Trinajstić information content (AvgIpc) is 3.72. The zero-order valence-electron chi connectivity index (χ0n) is 22.1. The van der Waals surface area contributed by atoms with E-state index in [0.717, 1.165) is 31.5 Å². The minimum absolute atomic E-state index is 0.0350. The molecule has 1 aliphatic heterocycles. The van der Waals surface area contributed by atoms with Crippen molar-refractivity contribution in [3.8, 4) is 17.3 Å². The summed E-state index contributed by atoms with van der Waals surface area (Å²) in [6, 6.07) is 9.54. The maximum atomic E-state index is 13.4. The van der Waals surface area contributed by atoms with Gasteiger partial charge in [-0.2, -0.15) is 9.78 Å². The zero-order chi connectivity index (χ0) is 28.8. The highest BCUT2D eigenvalue weighted by Gasteiger charge is 2.27. The number of benzene rings is 2. The van der Waals surface area contributed by atoms with Crippen molar-refractivity contribution in [3.05, 3.63) is 69.2 Å². The Kier molecular flexibility index (Phi) is 8.84. The van der Waals surface area contributed by atoms with E-state index in [9.17, 15) is 9.18 Å². The van der Waals surface area contributed by atoms with Crippen LogP contribution in [0.25, 0.3) is 5.82 Å². The van der Waals surface area contributed by atoms with Crippen molar-refractivity contribution in [1.82, 2.24) is 35.6 Å². The number of nitrogens with zero attached hydrogens (tertiary/aromatic N) is 7. The molecule has 0 bridgehead atoms. The molecule has 1 saturated heterocycles. The molecule has 0 aliphatic carbocycles. The maximum Gasteiger partial charge on any atom is 0.292 e. The topological polar surface area (TPSA) is 159 Å². The normalized spacial score (nSPS) is 13.6. The van der Waals surface area contributed by atoms with Gasteiger partial charge in [-0.1, -0.05) is 17.3 Å². The van der Waals surface area contributed by atoms with Crippen molar-refractivity contribution in [2.24, 2.45) is 5.10 Å². The van der Waals surface area contributed by atoms with Crippen LogP contribution in [-0.4, -0.2) is 62.0 Å². The van der Waals surface area contributed by atoms with Gasteiger partial charge in [0, 0.05) is 17.1 Å². The number of rotatable bonds is 11. The molecule has 1 aliphatic rings. The van der Waals surface area contributed by atoms with Gasteiger partial charge in [0.25, 0.3) is 5.91 Å². The number of anilines is 1.